The van der Waals surface area contributed by atoms with Gasteiger partial charge in [0.25, 0.3) is 0 Å². The molecule has 0 radical (unpaired) electrons. The molecule has 1 saturated carbocycles. The van der Waals surface area contributed by atoms with E-state index >= 15 is 0 Å². The Balaban J connectivity index is 1.55. The standard InChI is InChI=1S/C11H18N6OS/c1-16-6-4-9(10(16)18)19-11-13-14-15-17(11)7-5-12-8-2-3-8/h8-9,12H,2-7H2,1H3. The molecule has 1 aromatic heterocycles. The zero-order valence-electron chi connectivity index (χ0n) is 10.9. The highest BCUT2D eigenvalue weighted by Crippen LogP contribution is 2.28. The second-order valence-electron chi connectivity index (χ2n) is 5.07. The molecular weight excluding hydrogens is 264 g/mol. The van der Waals surface area contributed by atoms with Crippen molar-refractivity contribution in [2.75, 3.05) is 20.1 Å². The molecule has 19 heavy (non-hydrogen) atoms. The Morgan fingerprint density at radius 1 is 1.42 bits per heavy atom. The number of aromatic nitrogens is 4. The fourth-order valence-corrected chi connectivity index (χ4v) is 3.20. The first-order valence-electron chi connectivity index (χ1n) is 6.65. The maximum Gasteiger partial charge on any atom is 0.235 e. The van der Waals surface area contributed by atoms with E-state index in [0.29, 0.717) is 6.04 Å². The first-order chi connectivity index (χ1) is 9.24. The van der Waals surface area contributed by atoms with E-state index in [1.54, 1.807) is 9.58 Å². The highest BCUT2D eigenvalue weighted by Gasteiger charge is 2.31. The van der Waals surface area contributed by atoms with Gasteiger partial charge in [-0.15, -0.1) is 5.10 Å². The zero-order chi connectivity index (χ0) is 13.2. The normalized spacial score (nSPS) is 23.3. The third-order valence-electron chi connectivity index (χ3n) is 3.46. The molecule has 0 bridgehead atoms. The lowest BCUT2D eigenvalue weighted by Gasteiger charge is -2.10. The lowest BCUT2D eigenvalue weighted by molar-refractivity contribution is -0.126. The van der Waals surface area contributed by atoms with Crippen LogP contribution in [0.25, 0.3) is 0 Å². The van der Waals surface area contributed by atoms with E-state index in [1.807, 2.05) is 7.05 Å². The van der Waals surface area contributed by atoms with E-state index in [1.165, 1.54) is 24.6 Å². The minimum absolute atomic E-state index is 0.0360. The van der Waals surface area contributed by atoms with Crippen LogP contribution in [0.1, 0.15) is 19.3 Å². The van der Waals surface area contributed by atoms with Gasteiger partial charge in [0.2, 0.25) is 11.1 Å². The van der Waals surface area contributed by atoms with E-state index in [-0.39, 0.29) is 11.2 Å². The molecule has 0 spiro atoms. The summed E-state index contributed by atoms with van der Waals surface area (Å²) in [5.74, 6) is 0.177. The van der Waals surface area contributed by atoms with Crippen molar-refractivity contribution in [1.82, 2.24) is 30.4 Å². The van der Waals surface area contributed by atoms with Crippen molar-refractivity contribution in [3.05, 3.63) is 0 Å². The van der Waals surface area contributed by atoms with E-state index in [4.69, 9.17) is 0 Å². The van der Waals surface area contributed by atoms with Gasteiger partial charge in [-0.25, -0.2) is 4.68 Å². The van der Waals surface area contributed by atoms with Gasteiger partial charge in [0.1, 0.15) is 0 Å². The second-order valence-corrected chi connectivity index (χ2v) is 6.24. The van der Waals surface area contributed by atoms with Crippen molar-refractivity contribution in [1.29, 1.82) is 0 Å². The van der Waals surface area contributed by atoms with Crippen LogP contribution < -0.4 is 5.32 Å². The van der Waals surface area contributed by atoms with Crippen molar-refractivity contribution in [3.63, 3.8) is 0 Å². The number of amides is 1. The molecular formula is C11H18N6OS. The van der Waals surface area contributed by atoms with Gasteiger partial charge in [0, 0.05) is 26.2 Å². The number of rotatable bonds is 6. The number of hydrogen-bond donors (Lipinski definition) is 1. The van der Waals surface area contributed by atoms with Crippen LogP contribution in [0.5, 0.6) is 0 Å². The zero-order valence-corrected chi connectivity index (χ0v) is 11.8. The molecule has 8 heteroatoms. The molecule has 2 aliphatic rings. The Labute approximate surface area is 116 Å². The predicted octanol–water partition coefficient (Wildman–Crippen LogP) is -0.252. The summed E-state index contributed by atoms with van der Waals surface area (Å²) in [5.41, 5.74) is 0. The number of carbonyl (C=O) groups excluding carboxylic acids is 1. The van der Waals surface area contributed by atoms with Crippen LogP contribution in [0.2, 0.25) is 0 Å². The lowest BCUT2D eigenvalue weighted by atomic mass is 10.4. The molecule has 1 aliphatic heterocycles. The van der Waals surface area contributed by atoms with Gasteiger partial charge in [-0.1, -0.05) is 11.8 Å². The Bertz CT molecular complexity index is 460. The number of nitrogens with one attached hydrogen (secondary N) is 1. The van der Waals surface area contributed by atoms with Crippen molar-refractivity contribution >= 4 is 17.7 Å². The number of hydrogen-bond acceptors (Lipinski definition) is 6. The Kier molecular flexibility index (Phi) is 3.69. The van der Waals surface area contributed by atoms with Gasteiger partial charge in [0.05, 0.1) is 11.8 Å². The van der Waals surface area contributed by atoms with Crippen LogP contribution in [-0.2, 0) is 11.3 Å². The summed E-state index contributed by atoms with van der Waals surface area (Å²) in [5, 5.41) is 15.9. The first-order valence-corrected chi connectivity index (χ1v) is 7.53. The van der Waals surface area contributed by atoms with Crippen molar-refractivity contribution < 1.29 is 4.79 Å². The van der Waals surface area contributed by atoms with Crippen LogP contribution in [0.3, 0.4) is 0 Å². The second kappa shape index (κ2) is 5.46. The monoisotopic (exact) mass is 282 g/mol. The molecule has 1 unspecified atom stereocenters. The molecule has 0 aromatic carbocycles. The van der Waals surface area contributed by atoms with Gasteiger partial charge in [-0.2, -0.15) is 0 Å². The third-order valence-corrected chi connectivity index (χ3v) is 4.68. The molecule has 1 atom stereocenters. The lowest BCUT2D eigenvalue weighted by Crippen LogP contribution is -2.25. The summed E-state index contributed by atoms with van der Waals surface area (Å²) in [6.45, 7) is 2.45. The van der Waals surface area contributed by atoms with Crippen LogP contribution in [0.4, 0.5) is 0 Å². The number of carbonyl (C=O) groups is 1. The first kappa shape index (κ1) is 12.9. The SMILES string of the molecule is CN1CCC(Sc2nnnn2CCNC2CC2)C1=O. The minimum atomic E-state index is -0.0360. The molecule has 1 aliphatic carbocycles. The third kappa shape index (κ3) is 3.06. The number of thioether (sulfide) groups is 1. The highest BCUT2D eigenvalue weighted by molar-refractivity contribution is 8.00. The summed E-state index contributed by atoms with van der Waals surface area (Å²) < 4.78 is 1.78. The molecule has 7 nitrogen and oxygen atoms in total. The molecule has 1 amide bonds. The largest absolute Gasteiger partial charge is 0.345 e. The van der Waals surface area contributed by atoms with E-state index in [9.17, 15) is 4.79 Å². The van der Waals surface area contributed by atoms with Gasteiger partial charge < -0.3 is 10.2 Å². The van der Waals surface area contributed by atoms with Gasteiger partial charge in [0.15, 0.2) is 0 Å². The Hall–Kier alpha value is -1.15. The molecule has 2 fully saturated rings. The quantitative estimate of drug-likeness (QED) is 0.775. The summed E-state index contributed by atoms with van der Waals surface area (Å²) >= 11 is 1.48. The number of nitrogens with zero attached hydrogens (tertiary/aromatic N) is 5. The van der Waals surface area contributed by atoms with Crippen molar-refractivity contribution in [3.8, 4) is 0 Å². The summed E-state index contributed by atoms with van der Waals surface area (Å²) in [4.78, 5) is 13.6. The number of likely N-dealkylation sites (tertiary alicyclic amines) is 1. The maximum atomic E-state index is 11.9. The van der Waals surface area contributed by atoms with Gasteiger partial charge in [-0.05, 0) is 29.7 Å². The van der Waals surface area contributed by atoms with Crippen LogP contribution in [0.15, 0.2) is 5.16 Å². The molecule has 1 saturated heterocycles. The predicted molar refractivity (Wildman–Crippen MR) is 70.7 cm³/mol. The van der Waals surface area contributed by atoms with Crippen LogP contribution in [0, 0.1) is 0 Å². The average molecular weight is 282 g/mol. The summed E-state index contributed by atoms with van der Waals surface area (Å²) in [6.07, 6.45) is 3.42. The van der Waals surface area contributed by atoms with Crippen molar-refractivity contribution in [2.24, 2.45) is 0 Å². The van der Waals surface area contributed by atoms with Crippen molar-refractivity contribution in [2.45, 2.75) is 42.3 Å². The van der Waals surface area contributed by atoms with Crippen LogP contribution in [-0.4, -0.2) is 62.4 Å². The molecule has 2 heterocycles. The molecule has 1 aromatic rings. The molecule has 1 N–H and O–H groups in total. The van der Waals surface area contributed by atoms with E-state index in [2.05, 4.69) is 20.8 Å². The smallest absolute Gasteiger partial charge is 0.235 e. The minimum Gasteiger partial charge on any atom is -0.345 e. The molecule has 104 valence electrons. The molecule has 3 rings (SSSR count). The maximum absolute atomic E-state index is 11.9. The fourth-order valence-electron chi connectivity index (χ4n) is 2.11. The fraction of sp³-hybridized carbons (Fsp3) is 0.818. The van der Waals surface area contributed by atoms with Crippen LogP contribution >= 0.6 is 11.8 Å². The van der Waals surface area contributed by atoms with Gasteiger partial charge in [-0.3, -0.25) is 4.79 Å². The average Bonchev–Trinajstić information content (AvgIpc) is 3.05. The number of tetrazole rings is 1. The van der Waals surface area contributed by atoms with E-state index in [0.717, 1.165) is 31.2 Å². The Morgan fingerprint density at radius 3 is 2.95 bits per heavy atom. The summed E-state index contributed by atoms with van der Waals surface area (Å²) in [7, 11) is 1.84. The van der Waals surface area contributed by atoms with E-state index < -0.39 is 0 Å². The summed E-state index contributed by atoms with van der Waals surface area (Å²) in [6, 6.07) is 0.692. The van der Waals surface area contributed by atoms with Gasteiger partial charge >= 0.3 is 0 Å². The topological polar surface area (TPSA) is 75.9 Å². The highest BCUT2D eigenvalue weighted by atomic mass is 32.2. The Morgan fingerprint density at radius 2 is 2.26 bits per heavy atom.